The molecule has 0 saturated carbocycles. The molecule has 0 fully saturated rings. The van der Waals surface area contributed by atoms with E-state index in [4.69, 9.17) is 0 Å². The van der Waals surface area contributed by atoms with Crippen molar-refractivity contribution in [1.29, 1.82) is 0 Å². The van der Waals surface area contributed by atoms with Gasteiger partial charge in [0.2, 0.25) is 9.84 Å². The highest BCUT2D eigenvalue weighted by Crippen LogP contribution is 2.37. The number of anilines is 1. The molecule has 0 aliphatic rings. The quantitative estimate of drug-likeness (QED) is 0.152. The lowest BCUT2D eigenvalue weighted by atomic mass is 10.1. The molecule has 0 atom stereocenters. The van der Waals surface area contributed by atoms with Crippen LogP contribution in [-0.2, 0) is 16.4 Å². The SMILES string of the molecule is C=CCn1c(NC(=O)c2cc([N+](=O)[O-])cc([N+](=O)[O-])c2)c(S(=O)(=O)c2ccc(C)cc2)c2nc3ccccc3nc21. The minimum absolute atomic E-state index is 0.00234. The van der Waals surface area contributed by atoms with Crippen LogP contribution in [0.4, 0.5) is 17.2 Å². The zero-order valence-electron chi connectivity index (χ0n) is 21.3. The van der Waals surface area contributed by atoms with Crippen LogP contribution in [0.25, 0.3) is 22.2 Å². The average molecular weight is 573 g/mol. The Morgan fingerprint density at radius 2 is 1.56 bits per heavy atom. The van der Waals surface area contributed by atoms with Crippen molar-refractivity contribution in [3.8, 4) is 0 Å². The maximum Gasteiger partial charge on any atom is 0.277 e. The number of nitrogens with one attached hydrogen (secondary N) is 1. The van der Waals surface area contributed by atoms with E-state index in [0.29, 0.717) is 11.0 Å². The molecule has 13 nitrogen and oxygen atoms in total. The second-order valence-corrected chi connectivity index (χ2v) is 10.9. The van der Waals surface area contributed by atoms with Crippen LogP contribution in [0.5, 0.6) is 0 Å². The number of fused-ring (bicyclic) bond motifs is 2. The lowest BCUT2D eigenvalue weighted by molar-refractivity contribution is -0.394. The molecule has 0 aliphatic heterocycles. The number of carbonyl (C=O) groups excluding carboxylic acids is 1. The number of benzene rings is 3. The number of non-ortho nitro benzene ring substituents is 2. The van der Waals surface area contributed by atoms with Crippen molar-refractivity contribution in [3.63, 3.8) is 0 Å². The van der Waals surface area contributed by atoms with E-state index in [1.54, 1.807) is 43.3 Å². The molecular weight excluding hydrogens is 552 g/mol. The van der Waals surface area contributed by atoms with Gasteiger partial charge in [-0.2, -0.15) is 0 Å². The summed E-state index contributed by atoms with van der Waals surface area (Å²) in [5.41, 5.74) is 0.0189. The number of aryl methyl sites for hydroxylation is 1. The first-order valence-corrected chi connectivity index (χ1v) is 13.5. The number of nitro groups is 2. The number of nitro benzene ring substituents is 2. The van der Waals surface area contributed by atoms with Crippen LogP contribution in [0.2, 0.25) is 0 Å². The van der Waals surface area contributed by atoms with Crippen molar-refractivity contribution < 1.29 is 23.1 Å². The zero-order chi connectivity index (χ0) is 29.5. The first kappa shape index (κ1) is 27.1. The Morgan fingerprint density at radius 1 is 0.976 bits per heavy atom. The number of sulfone groups is 1. The largest absolute Gasteiger partial charge is 0.307 e. The number of amides is 1. The second kappa shape index (κ2) is 10.2. The standard InChI is InChI=1S/C27H20N6O7S/c1-3-12-31-25-23(28-21-6-4-5-7-22(21)29-25)24(41(39,40)20-10-8-16(2)9-11-20)26(31)30-27(34)17-13-18(32(35)36)15-19(14-17)33(37)38/h3-11,13-15H,1,12H2,2H3,(H,30,34). The van der Waals surface area contributed by atoms with Gasteiger partial charge in [-0.25, -0.2) is 18.4 Å². The van der Waals surface area contributed by atoms with Crippen molar-refractivity contribution in [2.45, 2.75) is 23.3 Å². The molecule has 206 valence electrons. The van der Waals surface area contributed by atoms with Crippen LogP contribution in [0.1, 0.15) is 15.9 Å². The Morgan fingerprint density at radius 3 is 2.12 bits per heavy atom. The summed E-state index contributed by atoms with van der Waals surface area (Å²) in [7, 11) is -4.34. The molecule has 5 rings (SSSR count). The molecule has 0 aliphatic carbocycles. The molecule has 0 spiro atoms. The number of rotatable bonds is 8. The second-order valence-electron chi connectivity index (χ2n) is 8.98. The molecular formula is C27H20N6O7S. The number of aromatic nitrogens is 3. The fourth-order valence-corrected chi connectivity index (χ4v) is 5.85. The molecule has 1 N–H and O–H groups in total. The predicted molar refractivity (Wildman–Crippen MR) is 150 cm³/mol. The third-order valence-electron chi connectivity index (χ3n) is 6.24. The third-order valence-corrected chi connectivity index (χ3v) is 8.05. The first-order chi connectivity index (χ1) is 19.5. The Bertz CT molecular complexity index is 1990. The van der Waals surface area contributed by atoms with Crippen LogP contribution >= 0.6 is 0 Å². The van der Waals surface area contributed by atoms with Crippen molar-refractivity contribution in [3.05, 3.63) is 111 Å². The van der Waals surface area contributed by atoms with E-state index in [9.17, 15) is 33.4 Å². The van der Waals surface area contributed by atoms with Crippen LogP contribution in [0, 0.1) is 27.2 Å². The summed E-state index contributed by atoms with van der Waals surface area (Å²) >= 11 is 0. The Hall–Kier alpha value is -5.50. The monoisotopic (exact) mass is 572 g/mol. The number of nitrogens with zero attached hydrogens (tertiary/aromatic N) is 5. The van der Waals surface area contributed by atoms with E-state index in [0.717, 1.165) is 23.8 Å². The van der Waals surface area contributed by atoms with Gasteiger partial charge in [0.15, 0.2) is 5.65 Å². The highest BCUT2D eigenvalue weighted by Gasteiger charge is 2.33. The van der Waals surface area contributed by atoms with Crippen molar-refractivity contribution in [2.75, 3.05) is 5.32 Å². The minimum atomic E-state index is -4.34. The zero-order valence-corrected chi connectivity index (χ0v) is 22.2. The summed E-state index contributed by atoms with van der Waals surface area (Å²) < 4.78 is 29.6. The number of para-hydroxylation sites is 2. The summed E-state index contributed by atoms with van der Waals surface area (Å²) in [5.74, 6) is -1.25. The summed E-state index contributed by atoms with van der Waals surface area (Å²) in [6.45, 7) is 5.52. The molecule has 0 saturated heterocycles. The van der Waals surface area contributed by atoms with Crippen LogP contribution < -0.4 is 5.32 Å². The third kappa shape index (κ3) is 4.87. The van der Waals surface area contributed by atoms with Gasteiger partial charge < -0.3 is 9.88 Å². The summed E-state index contributed by atoms with van der Waals surface area (Å²) in [6, 6.07) is 15.4. The molecule has 0 unspecified atom stereocenters. The van der Waals surface area contributed by atoms with E-state index in [2.05, 4.69) is 21.9 Å². The highest BCUT2D eigenvalue weighted by molar-refractivity contribution is 7.92. The average Bonchev–Trinajstić information content (AvgIpc) is 3.24. The molecule has 0 radical (unpaired) electrons. The molecule has 2 aromatic heterocycles. The van der Waals surface area contributed by atoms with E-state index in [-0.39, 0.29) is 33.3 Å². The highest BCUT2D eigenvalue weighted by atomic mass is 32.2. The van der Waals surface area contributed by atoms with Gasteiger partial charge in [-0.15, -0.1) is 6.58 Å². The molecule has 0 bridgehead atoms. The van der Waals surface area contributed by atoms with Gasteiger partial charge in [0.25, 0.3) is 17.3 Å². The van der Waals surface area contributed by atoms with E-state index < -0.39 is 42.5 Å². The molecule has 14 heteroatoms. The molecule has 3 aromatic carbocycles. The minimum Gasteiger partial charge on any atom is -0.307 e. The summed E-state index contributed by atoms with van der Waals surface area (Å²) in [6.07, 6.45) is 1.46. The van der Waals surface area contributed by atoms with Crippen molar-refractivity contribution in [1.82, 2.24) is 14.5 Å². The smallest absolute Gasteiger partial charge is 0.277 e. The van der Waals surface area contributed by atoms with E-state index in [1.165, 1.54) is 22.8 Å². The van der Waals surface area contributed by atoms with Crippen LogP contribution in [0.3, 0.4) is 0 Å². The number of allylic oxidation sites excluding steroid dienone is 1. The Kier molecular flexibility index (Phi) is 6.76. The van der Waals surface area contributed by atoms with Crippen LogP contribution in [-0.4, -0.2) is 38.7 Å². The van der Waals surface area contributed by atoms with Crippen molar-refractivity contribution >= 4 is 55.1 Å². The topological polar surface area (TPSA) is 180 Å². The van der Waals surface area contributed by atoms with Gasteiger partial charge in [0, 0.05) is 18.7 Å². The molecule has 5 aromatic rings. The number of carbonyl (C=O) groups is 1. The molecule has 41 heavy (non-hydrogen) atoms. The molecule has 2 heterocycles. The van der Waals surface area contributed by atoms with Crippen molar-refractivity contribution in [2.24, 2.45) is 0 Å². The molecule has 1 amide bonds. The number of hydrogen-bond acceptors (Lipinski definition) is 9. The summed E-state index contributed by atoms with van der Waals surface area (Å²) in [5, 5.41) is 25.3. The fourth-order valence-electron chi connectivity index (χ4n) is 4.31. The van der Waals surface area contributed by atoms with Gasteiger partial charge in [-0.1, -0.05) is 35.9 Å². The van der Waals surface area contributed by atoms with Gasteiger partial charge in [-0.3, -0.25) is 25.0 Å². The fraction of sp³-hybridized carbons (Fsp3) is 0.0741. The first-order valence-electron chi connectivity index (χ1n) is 12.0. The van der Waals surface area contributed by atoms with Gasteiger partial charge in [0.1, 0.15) is 16.2 Å². The number of hydrogen-bond donors (Lipinski definition) is 1. The lowest BCUT2D eigenvalue weighted by Gasteiger charge is -2.12. The van der Waals surface area contributed by atoms with E-state index >= 15 is 0 Å². The van der Waals surface area contributed by atoms with Gasteiger partial charge in [0.05, 0.1) is 37.4 Å². The van der Waals surface area contributed by atoms with Crippen LogP contribution in [0.15, 0.2) is 89.2 Å². The Balaban J connectivity index is 1.80. The maximum atomic E-state index is 14.1. The van der Waals surface area contributed by atoms with Gasteiger partial charge in [-0.05, 0) is 31.2 Å². The normalized spacial score (nSPS) is 11.4. The lowest BCUT2D eigenvalue weighted by Crippen LogP contribution is -2.18. The maximum absolute atomic E-state index is 14.1. The summed E-state index contributed by atoms with van der Waals surface area (Å²) in [4.78, 5) is 43.3. The van der Waals surface area contributed by atoms with Gasteiger partial charge >= 0.3 is 0 Å². The Labute approximate surface area is 232 Å². The predicted octanol–water partition coefficient (Wildman–Crippen LogP) is 4.98. The van der Waals surface area contributed by atoms with E-state index in [1.807, 2.05) is 0 Å².